The summed E-state index contributed by atoms with van der Waals surface area (Å²) in [6, 6.07) is 65.9. The van der Waals surface area contributed by atoms with Gasteiger partial charge in [-0.15, -0.1) is 11.3 Å². The fourth-order valence-corrected chi connectivity index (χ4v) is 10.1. The van der Waals surface area contributed by atoms with E-state index in [0.717, 1.165) is 39.2 Å². The Labute approximate surface area is 330 Å². The van der Waals surface area contributed by atoms with Crippen LogP contribution in [0.5, 0.6) is 0 Å². The van der Waals surface area contributed by atoms with Crippen molar-refractivity contribution in [2.45, 2.75) is 19.3 Å². The molecule has 11 rings (SSSR count). The van der Waals surface area contributed by atoms with Crippen LogP contribution >= 0.6 is 11.3 Å². The van der Waals surface area contributed by atoms with E-state index in [1.54, 1.807) is 0 Å². The van der Waals surface area contributed by atoms with Crippen LogP contribution in [0.25, 0.3) is 98.2 Å². The first-order chi connectivity index (χ1) is 27.5. The van der Waals surface area contributed by atoms with Gasteiger partial charge >= 0.3 is 0 Å². The van der Waals surface area contributed by atoms with E-state index in [9.17, 15) is 0 Å². The highest BCUT2D eigenvalue weighted by atomic mass is 32.1. The van der Waals surface area contributed by atoms with Gasteiger partial charge in [0.15, 0.2) is 5.82 Å². The highest BCUT2D eigenvalue weighted by Crippen LogP contribution is 2.52. The second kappa shape index (κ2) is 12.7. The van der Waals surface area contributed by atoms with Gasteiger partial charge in [-0.3, -0.25) is 0 Å². The van der Waals surface area contributed by atoms with Crippen LogP contribution in [0.3, 0.4) is 0 Å². The molecule has 0 saturated heterocycles. The summed E-state index contributed by atoms with van der Waals surface area (Å²) in [6.45, 7) is 4.66. The number of hydrogen-bond acceptors (Lipinski definition) is 3. The number of aromatic nitrogens is 2. The minimum Gasteiger partial charge on any atom is -0.228 e. The smallest absolute Gasteiger partial charge is 0.160 e. The van der Waals surface area contributed by atoms with Crippen molar-refractivity contribution in [1.82, 2.24) is 9.97 Å². The third-order valence-electron chi connectivity index (χ3n) is 11.7. The van der Waals surface area contributed by atoms with Gasteiger partial charge in [0.25, 0.3) is 0 Å². The zero-order chi connectivity index (χ0) is 37.4. The molecule has 0 bridgehead atoms. The van der Waals surface area contributed by atoms with Crippen molar-refractivity contribution in [2.75, 3.05) is 0 Å². The monoisotopic (exact) mass is 732 g/mol. The van der Waals surface area contributed by atoms with Gasteiger partial charge in [0.05, 0.1) is 11.4 Å². The van der Waals surface area contributed by atoms with Crippen LogP contribution in [0.1, 0.15) is 25.0 Å². The van der Waals surface area contributed by atoms with E-state index in [1.165, 1.54) is 64.3 Å². The number of hydrogen-bond donors (Lipinski definition) is 0. The Morgan fingerprint density at radius 1 is 0.411 bits per heavy atom. The highest BCUT2D eigenvalue weighted by molar-refractivity contribution is 7.26. The molecule has 0 amide bonds. The molecule has 0 fully saturated rings. The first-order valence-corrected chi connectivity index (χ1v) is 20.0. The molecule has 1 aliphatic rings. The number of benzene rings is 8. The third-order valence-corrected chi connectivity index (χ3v) is 12.9. The molecule has 1 aliphatic carbocycles. The SMILES string of the molecule is CC1(C)c2ccccc2-c2c(-c3cc(-c4cc(-c5ccccc5)cc(-c5ccc6c(c5)sc5c7ccccc7ccc65)c4)nc(-c4ccccc4)n3)cccc21. The zero-order valence-electron chi connectivity index (χ0n) is 31.1. The number of nitrogens with zero attached hydrogens (tertiary/aromatic N) is 2. The van der Waals surface area contributed by atoms with Gasteiger partial charge in [-0.25, -0.2) is 9.97 Å². The quantitative estimate of drug-likeness (QED) is 0.176. The molecule has 2 nitrogen and oxygen atoms in total. The number of thiophene rings is 1. The molecule has 0 N–H and O–H groups in total. The Bertz CT molecular complexity index is 3160. The normalized spacial score (nSPS) is 13.0. The van der Waals surface area contributed by atoms with E-state index in [0.29, 0.717) is 5.82 Å². The van der Waals surface area contributed by atoms with Crippen molar-refractivity contribution in [2.24, 2.45) is 0 Å². The van der Waals surface area contributed by atoms with Gasteiger partial charge in [-0.1, -0.05) is 166 Å². The van der Waals surface area contributed by atoms with Crippen molar-refractivity contribution in [3.05, 3.63) is 193 Å². The molecule has 0 atom stereocenters. The third kappa shape index (κ3) is 5.23. The van der Waals surface area contributed by atoms with Crippen LogP contribution in [0, 0.1) is 0 Å². The van der Waals surface area contributed by atoms with Gasteiger partial charge in [-0.2, -0.15) is 0 Å². The second-order valence-corrected chi connectivity index (χ2v) is 16.4. The van der Waals surface area contributed by atoms with Crippen LogP contribution in [0.2, 0.25) is 0 Å². The van der Waals surface area contributed by atoms with E-state index >= 15 is 0 Å². The summed E-state index contributed by atoms with van der Waals surface area (Å²) >= 11 is 1.88. The fourth-order valence-electron chi connectivity index (χ4n) is 8.84. The second-order valence-electron chi connectivity index (χ2n) is 15.4. The molecule has 0 saturated carbocycles. The topological polar surface area (TPSA) is 25.8 Å². The van der Waals surface area contributed by atoms with Crippen LogP contribution in [0.4, 0.5) is 0 Å². The predicted molar refractivity (Wildman–Crippen MR) is 237 cm³/mol. The molecule has 0 unspecified atom stereocenters. The van der Waals surface area contributed by atoms with Crippen LogP contribution in [-0.4, -0.2) is 9.97 Å². The van der Waals surface area contributed by atoms with Crippen molar-refractivity contribution in [1.29, 1.82) is 0 Å². The summed E-state index contributed by atoms with van der Waals surface area (Å²) in [4.78, 5) is 10.7. The molecular formula is C53H36N2S. The Balaban J connectivity index is 1.13. The molecule has 0 radical (unpaired) electrons. The Kier molecular flexibility index (Phi) is 7.42. The molecule has 0 spiro atoms. The molecule has 2 heterocycles. The highest BCUT2D eigenvalue weighted by Gasteiger charge is 2.36. The molecule has 3 heteroatoms. The molecule has 0 aliphatic heterocycles. The van der Waals surface area contributed by atoms with Crippen molar-refractivity contribution < 1.29 is 0 Å². The van der Waals surface area contributed by atoms with E-state index < -0.39 is 0 Å². The summed E-state index contributed by atoms with van der Waals surface area (Å²) in [5.74, 6) is 0.715. The lowest BCUT2D eigenvalue weighted by Gasteiger charge is -2.21. The zero-order valence-corrected chi connectivity index (χ0v) is 31.9. The molecule has 10 aromatic rings. The molecule has 56 heavy (non-hydrogen) atoms. The van der Waals surface area contributed by atoms with Crippen molar-refractivity contribution in [3.8, 4) is 67.3 Å². The largest absolute Gasteiger partial charge is 0.228 e. The van der Waals surface area contributed by atoms with E-state index in [2.05, 4.69) is 190 Å². The fraction of sp³-hybridized carbons (Fsp3) is 0.0566. The molecule has 264 valence electrons. The standard InChI is InChI=1S/C53H36N2S/c1-53(2)45-22-12-11-20-43(45)50-44(21-13-23-46(50)53)48-32-47(54-52(55-48)35-17-7-4-8-18-35)39-29-37(33-14-5-3-6-15-33)28-38(30-39)36-25-26-41-42-27-24-34-16-9-10-19-40(34)51(42)56-49(41)31-36/h3-32H,1-2H3. The van der Waals surface area contributed by atoms with Gasteiger partial charge in [0.2, 0.25) is 0 Å². The Hall–Kier alpha value is -6.68. The van der Waals surface area contributed by atoms with Crippen molar-refractivity contribution >= 4 is 42.3 Å². The van der Waals surface area contributed by atoms with Gasteiger partial charge in [0.1, 0.15) is 0 Å². The average Bonchev–Trinajstić information content (AvgIpc) is 3.76. The van der Waals surface area contributed by atoms with Gasteiger partial charge in [0, 0.05) is 42.3 Å². The first-order valence-electron chi connectivity index (χ1n) is 19.2. The maximum absolute atomic E-state index is 5.33. The van der Waals surface area contributed by atoms with Crippen LogP contribution in [0.15, 0.2) is 182 Å². The molecule has 8 aromatic carbocycles. The minimum atomic E-state index is -0.110. The summed E-state index contributed by atoms with van der Waals surface area (Å²) < 4.78 is 2.63. The lowest BCUT2D eigenvalue weighted by molar-refractivity contribution is 0.660. The summed E-state index contributed by atoms with van der Waals surface area (Å²) in [5.41, 5.74) is 14.8. The predicted octanol–water partition coefficient (Wildman–Crippen LogP) is 14.6. The minimum absolute atomic E-state index is 0.110. The van der Waals surface area contributed by atoms with Crippen molar-refractivity contribution in [3.63, 3.8) is 0 Å². The van der Waals surface area contributed by atoms with Crippen LogP contribution < -0.4 is 0 Å². The van der Waals surface area contributed by atoms with E-state index in [-0.39, 0.29) is 5.41 Å². The number of fused-ring (bicyclic) bond motifs is 8. The maximum atomic E-state index is 5.33. The summed E-state index contributed by atoms with van der Waals surface area (Å²) in [7, 11) is 0. The summed E-state index contributed by atoms with van der Waals surface area (Å²) in [5, 5.41) is 5.20. The van der Waals surface area contributed by atoms with E-state index in [1.807, 2.05) is 17.4 Å². The average molecular weight is 733 g/mol. The van der Waals surface area contributed by atoms with E-state index in [4.69, 9.17) is 9.97 Å². The first kappa shape index (κ1) is 32.7. The van der Waals surface area contributed by atoms with Gasteiger partial charge < -0.3 is 0 Å². The van der Waals surface area contributed by atoms with Gasteiger partial charge in [-0.05, 0) is 85.6 Å². The maximum Gasteiger partial charge on any atom is 0.160 e. The lowest BCUT2D eigenvalue weighted by Crippen LogP contribution is -2.14. The summed E-state index contributed by atoms with van der Waals surface area (Å²) in [6.07, 6.45) is 0. The number of rotatable bonds is 5. The molecular weight excluding hydrogens is 697 g/mol. The Morgan fingerprint density at radius 2 is 1.05 bits per heavy atom. The Morgan fingerprint density at radius 3 is 1.89 bits per heavy atom. The van der Waals surface area contributed by atoms with Crippen LogP contribution in [-0.2, 0) is 5.41 Å². The molecule has 2 aromatic heterocycles. The lowest BCUT2D eigenvalue weighted by atomic mass is 9.82.